The molecule has 145 heavy (non-hydrogen) atoms. The first kappa shape index (κ1) is 120. The summed E-state index contributed by atoms with van der Waals surface area (Å²) in [7, 11) is 33.1. The predicted octanol–water partition coefficient (Wildman–Crippen LogP) is 11.9. The third kappa shape index (κ3) is 31.1. The van der Waals surface area contributed by atoms with Crippen LogP contribution in [0.25, 0.3) is 44.2 Å². The number of ether oxygens (including phenoxy) is 8. The minimum Gasteiger partial charge on any atom is -0.496 e. The maximum Gasteiger partial charge on any atom is 0.488 e. The molecule has 5 N–H and O–H groups in total. The number of β-amino-alcohol motifs (C(OH)–C–C–N with tert-alkyl or cyclic N) is 1. The van der Waals surface area contributed by atoms with Crippen molar-refractivity contribution in [1.82, 2.24) is 67.9 Å². The summed E-state index contributed by atoms with van der Waals surface area (Å²) < 4.78 is 66.8. The van der Waals surface area contributed by atoms with Crippen LogP contribution < -0.4 is 81.8 Å². The second-order valence-corrected chi connectivity index (χ2v) is 52.0. The van der Waals surface area contributed by atoms with Crippen molar-refractivity contribution in [3.05, 3.63) is 225 Å². The van der Waals surface area contributed by atoms with Gasteiger partial charge in [-0.15, -0.1) is 0 Å². The van der Waals surface area contributed by atoms with Gasteiger partial charge in [-0.05, 0) is 262 Å². The third-order valence-electron chi connectivity index (χ3n) is 27.1. The Morgan fingerprint density at radius 3 is 1.09 bits per heavy atom. The van der Waals surface area contributed by atoms with Crippen LogP contribution in [-0.2, 0) is 127 Å². The molecule has 0 saturated heterocycles. The first-order chi connectivity index (χ1) is 68.3. The first-order valence-electron chi connectivity index (χ1n) is 48.6. The van der Waals surface area contributed by atoms with Gasteiger partial charge in [0.2, 0.25) is 0 Å². The number of nitrogens with zero attached hydrogens (tertiary/aromatic N) is 12. The summed E-state index contributed by atoms with van der Waals surface area (Å²) in [6, 6.07) is 17.3. The van der Waals surface area contributed by atoms with Crippen molar-refractivity contribution in [3.63, 3.8) is 0 Å². The van der Waals surface area contributed by atoms with Crippen LogP contribution >= 0.6 is 31.9 Å². The molecule has 10 heterocycles. The van der Waals surface area contributed by atoms with Crippen LogP contribution in [0.2, 0.25) is 36.3 Å². The summed E-state index contributed by atoms with van der Waals surface area (Å²) in [5, 5.41) is 36.0. The molecule has 38 heteroatoms. The number of aliphatic hydroxyl groups excluding tert-OH is 1. The fraction of sp³-hybridized carbons (Fsp3) is 0.505. The van der Waals surface area contributed by atoms with Gasteiger partial charge >= 0.3 is 7.12 Å². The van der Waals surface area contributed by atoms with Gasteiger partial charge in [-0.1, -0.05) is 41.5 Å². The maximum atomic E-state index is 13.2. The molecule has 0 fully saturated rings. The van der Waals surface area contributed by atoms with E-state index in [0.29, 0.717) is 81.3 Å². The van der Waals surface area contributed by atoms with Crippen molar-refractivity contribution in [2.24, 2.45) is 35.2 Å². The molecule has 4 aliphatic rings. The molecule has 10 aromatic rings. The zero-order valence-corrected chi connectivity index (χ0v) is 96.4. The Labute approximate surface area is 875 Å². The Morgan fingerprint density at radius 1 is 0.428 bits per heavy atom. The lowest BCUT2D eigenvalue weighted by atomic mass is 9.79. The van der Waals surface area contributed by atoms with Crippen LogP contribution in [0.15, 0.2) is 131 Å². The van der Waals surface area contributed by atoms with Gasteiger partial charge in [0, 0.05) is 217 Å². The highest BCUT2D eigenvalue weighted by Gasteiger charge is 2.39. The van der Waals surface area contributed by atoms with Gasteiger partial charge in [0.05, 0.1) is 97.7 Å². The largest absolute Gasteiger partial charge is 0.496 e. The molecule has 0 spiro atoms. The van der Waals surface area contributed by atoms with Crippen LogP contribution in [0.4, 0.5) is 0 Å². The van der Waals surface area contributed by atoms with Crippen LogP contribution in [-0.4, -0.2) is 275 Å². The molecule has 0 aliphatic carbocycles. The number of halogens is 2. The lowest BCUT2D eigenvalue weighted by Crippen LogP contribution is -2.44. The van der Waals surface area contributed by atoms with E-state index in [2.05, 4.69) is 152 Å². The number of aryl methyl sites for hydroxylation is 5. The summed E-state index contributed by atoms with van der Waals surface area (Å²) in [6.07, 6.45) is 16.8. The molecule has 6 aromatic heterocycles. The fourth-order valence-corrected chi connectivity index (χ4v) is 20.6. The van der Waals surface area contributed by atoms with Gasteiger partial charge in [-0.3, -0.25) is 38.8 Å². The molecule has 4 aromatic carbocycles. The molecule has 14 rings (SSSR count). The second kappa shape index (κ2) is 54.3. The average Bonchev–Trinajstić information content (AvgIpc) is 0.763. The molecule has 0 atom stereocenters. The van der Waals surface area contributed by atoms with Gasteiger partial charge in [0.1, 0.15) is 52.3 Å². The number of benzene rings is 4. The van der Waals surface area contributed by atoms with Gasteiger partial charge in [0.15, 0.2) is 16.6 Å². The number of pyridine rings is 6. The third-order valence-corrected chi connectivity index (χ3v) is 37.4. The summed E-state index contributed by atoms with van der Waals surface area (Å²) in [4.78, 5) is 88.4. The maximum absolute atomic E-state index is 13.2. The van der Waals surface area contributed by atoms with Gasteiger partial charge in [-0.25, -0.2) is 0 Å². The van der Waals surface area contributed by atoms with Crippen LogP contribution in [0.3, 0.4) is 0 Å². The number of aromatic nitrogens is 6. The van der Waals surface area contributed by atoms with E-state index in [1.165, 1.54) is 10.1 Å². The Hall–Kier alpha value is -9.95. The van der Waals surface area contributed by atoms with E-state index in [4.69, 9.17) is 46.7 Å². The number of hydrogen-bond acceptors (Lipinski definition) is 28. The summed E-state index contributed by atoms with van der Waals surface area (Å²) in [5.41, 5.74) is 18.6. The topological polar surface area (TPSA) is 336 Å². The number of carbonyl (C=O) groups is 1. The molecule has 0 radical (unpaired) electrons. The Morgan fingerprint density at radius 2 is 0.745 bits per heavy atom. The number of carbonyl (C=O) groups excluding carboxylic acids is 1. The fourth-order valence-electron chi connectivity index (χ4n) is 17.2. The number of hydrogen-bond donors (Lipinski definition) is 5. The minimum absolute atomic E-state index is 0.0219. The molecule has 33 nitrogen and oxygen atoms in total. The molecule has 0 bridgehead atoms. The van der Waals surface area contributed by atoms with Crippen LogP contribution in [0, 0.1) is 0 Å². The predicted molar refractivity (Wildman–Crippen MR) is 592 cm³/mol. The molecular weight excluding hydrogens is 2010 g/mol. The van der Waals surface area contributed by atoms with E-state index >= 15 is 0 Å². The number of aldehydes is 1. The summed E-state index contributed by atoms with van der Waals surface area (Å²) >= 11 is 6.87. The van der Waals surface area contributed by atoms with Gasteiger partial charge < -0.3 is 120 Å². The number of methoxy groups -OCH3 is 8. The zero-order valence-electron chi connectivity index (χ0n) is 91.2. The van der Waals surface area contributed by atoms with Crippen LogP contribution in [0.1, 0.15) is 108 Å². The minimum atomic E-state index is -1.79. The molecule has 794 valence electrons. The number of aliphatic hydroxyl groups is 1. The average molecular weight is 2170 g/mol. The van der Waals surface area contributed by atoms with Crippen molar-refractivity contribution in [2.45, 2.75) is 156 Å². The van der Waals surface area contributed by atoms with Gasteiger partial charge in [-0.2, -0.15) is 0 Å². The number of rotatable bonds is 29. The lowest BCUT2D eigenvalue weighted by Gasteiger charge is -2.37. The molecular formula is C107H157BBr2N14O19Si2. The lowest BCUT2D eigenvalue weighted by molar-refractivity contribution is -0.109. The van der Waals surface area contributed by atoms with Crippen molar-refractivity contribution in [2.75, 3.05) is 172 Å². The Balaban J connectivity index is 0.000000215. The van der Waals surface area contributed by atoms with Gasteiger partial charge in [0.25, 0.3) is 27.8 Å². The Kier molecular flexibility index (Phi) is 45.0. The van der Waals surface area contributed by atoms with E-state index in [-0.39, 0.29) is 51.1 Å². The highest BCUT2D eigenvalue weighted by atomic mass is 79.9. The van der Waals surface area contributed by atoms with Crippen LogP contribution in [0.5, 0.6) is 46.0 Å². The standard InChI is InChI=1S/C28H45N3O4Si.C22H31N3O4.C20H27N3O3.C11H18BNO4.C9H11BrN2O.C9H7BrN2O.C8H18O2Si/c1-28(2,3)36(9,10)35-14-13-31-12-11-21-22(18-30(6)27(32)23(21)19-31)20-15-25(33-7)24(17-29(4)5)26(16-20)34-8;1-23(2)12-19-20(28-4)10-15(11-21(19)29-5)17-13-24(3)22(27)18-14-25(8-9-26)7-6-16(17)18;1-22(2)11-17-18(25-4)8-13(9-19(17)26-5)16-12-23(3)20(24)15-10-21-7-6-14(15)16;1-13(2)7-9-10(16-3)5-8(12(14)15)6-11(9)17-4;2*1-12-5-8(10)6-2-3-11-4-7(6)9(12)13;1-8(2,3)11(4,5)10-7-6-9/h15-16,18H,11-14,17,19H2,1-10H3;10-11,13,26H,6-9,12,14H2,1-5H3;8-9,12,21H,6-7,10-11H2,1-5H3;5-6,14-15H,7H2,1-4H3;5,11H,2-4H2,1H3;2-5H,1H3;6H,7H2,1-5H3. The van der Waals surface area contributed by atoms with E-state index in [9.17, 15) is 43.9 Å². The van der Waals surface area contributed by atoms with Crippen molar-refractivity contribution < 1.29 is 66.7 Å². The molecule has 0 amide bonds. The van der Waals surface area contributed by atoms with E-state index in [1.54, 1.807) is 134 Å². The quantitative estimate of drug-likeness (QED) is 0.0215. The van der Waals surface area contributed by atoms with E-state index in [0.717, 1.165) is 215 Å². The highest BCUT2D eigenvalue weighted by molar-refractivity contribution is 9.11. The van der Waals surface area contributed by atoms with Crippen molar-refractivity contribution >= 4 is 78.1 Å². The highest BCUT2D eigenvalue weighted by Crippen LogP contribution is 2.44. The molecule has 0 saturated carbocycles. The first-order valence-corrected chi connectivity index (χ1v) is 56.0. The normalized spacial score (nSPS) is 13.5. The van der Waals surface area contributed by atoms with Crippen molar-refractivity contribution in [1.29, 1.82) is 0 Å². The summed E-state index contributed by atoms with van der Waals surface area (Å²) in [5.74, 6) is 5.89. The molecule has 0 unspecified atom stereocenters. The second-order valence-electron chi connectivity index (χ2n) is 40.7. The van der Waals surface area contributed by atoms with E-state index < -0.39 is 23.8 Å². The monoisotopic (exact) mass is 2170 g/mol. The number of nitrogens with one attached hydrogen (secondary N) is 2. The smallest absolute Gasteiger partial charge is 0.488 e. The van der Waals surface area contributed by atoms with E-state index in [1.807, 2.05) is 123 Å². The number of fused-ring (bicyclic) bond motifs is 5. The van der Waals surface area contributed by atoms with Crippen molar-refractivity contribution in [3.8, 4) is 79.4 Å². The SMILES string of the molecule is CC(C)(C)[Si](C)(C)OCC=O.COc1cc(-c2cn(C)c(=O)c3c2CCN(CCO)C3)cc(OC)c1CN(C)C.COc1cc(-c2cn(C)c(=O)c3c2CCN(CCO[Si](C)(C)C(C)(C)C)C3)cc(OC)c1CN(C)C.COc1cc(-c2cn(C)c(=O)c3c2CCNC3)cc(OC)c1CN(C)C.COc1cc(B(O)O)cc(OC)c1CN(C)C.Cn1cc(Br)c2c(c1=O)CNCC2.Cn1cc(Br)c2ccncc2c1=O. The summed E-state index contributed by atoms with van der Waals surface area (Å²) in [6.45, 7) is 33.4. The Bertz CT molecular complexity index is 6310. The molecule has 4 aliphatic heterocycles. The zero-order chi connectivity index (χ0) is 108.